The summed E-state index contributed by atoms with van der Waals surface area (Å²) >= 11 is 5.80. The molecule has 2 heterocycles. The van der Waals surface area contributed by atoms with Gasteiger partial charge in [0.1, 0.15) is 11.9 Å². The number of nitrogens with zero attached hydrogens (tertiary/aromatic N) is 3. The van der Waals surface area contributed by atoms with Crippen molar-refractivity contribution in [3.8, 4) is 0 Å². The van der Waals surface area contributed by atoms with Crippen molar-refractivity contribution in [2.24, 2.45) is 7.05 Å². The molecule has 0 amide bonds. The topological polar surface area (TPSA) is 77.0 Å². The van der Waals surface area contributed by atoms with Crippen LogP contribution < -0.4 is 5.73 Å². The van der Waals surface area contributed by atoms with E-state index >= 15 is 0 Å². The Morgan fingerprint density at radius 3 is 2.94 bits per heavy atom. The van der Waals surface area contributed by atoms with Gasteiger partial charge in [0.05, 0.1) is 10.7 Å². The van der Waals surface area contributed by atoms with E-state index in [-0.39, 0.29) is 5.82 Å². The lowest BCUT2D eigenvalue weighted by atomic mass is 10.1. The van der Waals surface area contributed by atoms with Crippen LogP contribution in [0.15, 0.2) is 24.5 Å². The van der Waals surface area contributed by atoms with Gasteiger partial charge in [0.2, 0.25) is 0 Å². The number of hydrogen-bond acceptors (Lipinski definition) is 4. The standard InChI is InChI=1S/C10H11ClN4O/c1-15-3-2-8(14-15)9(16)7-4-6(11)5-13-10(7)12/h2-5,9,16H,1H3,(H2,12,13). The molecule has 2 rings (SSSR count). The minimum atomic E-state index is -0.910. The van der Waals surface area contributed by atoms with E-state index in [0.717, 1.165) is 0 Å². The van der Waals surface area contributed by atoms with Crippen LogP contribution in [0.2, 0.25) is 5.02 Å². The van der Waals surface area contributed by atoms with E-state index in [9.17, 15) is 5.11 Å². The number of rotatable bonds is 2. The molecule has 0 fully saturated rings. The average Bonchev–Trinajstić information content (AvgIpc) is 2.67. The quantitative estimate of drug-likeness (QED) is 0.822. The Balaban J connectivity index is 2.40. The molecule has 0 aromatic carbocycles. The van der Waals surface area contributed by atoms with Crippen molar-refractivity contribution in [3.63, 3.8) is 0 Å². The van der Waals surface area contributed by atoms with Gasteiger partial charge in [-0.15, -0.1) is 0 Å². The predicted molar refractivity (Wildman–Crippen MR) is 60.9 cm³/mol. The summed E-state index contributed by atoms with van der Waals surface area (Å²) in [6, 6.07) is 3.30. The first-order valence-electron chi connectivity index (χ1n) is 4.66. The molecule has 0 bridgehead atoms. The summed E-state index contributed by atoms with van der Waals surface area (Å²) in [6.45, 7) is 0. The Morgan fingerprint density at radius 1 is 1.56 bits per heavy atom. The Hall–Kier alpha value is -1.59. The third-order valence-electron chi connectivity index (χ3n) is 2.23. The number of aliphatic hydroxyl groups is 1. The van der Waals surface area contributed by atoms with Crippen LogP contribution in [-0.4, -0.2) is 19.9 Å². The van der Waals surface area contributed by atoms with E-state index in [1.165, 1.54) is 6.20 Å². The van der Waals surface area contributed by atoms with Crippen LogP contribution in [0.4, 0.5) is 5.82 Å². The van der Waals surface area contributed by atoms with Crippen LogP contribution in [0.5, 0.6) is 0 Å². The second kappa shape index (κ2) is 4.11. The molecule has 84 valence electrons. The zero-order chi connectivity index (χ0) is 11.7. The van der Waals surface area contributed by atoms with Crippen molar-refractivity contribution >= 4 is 17.4 Å². The molecule has 16 heavy (non-hydrogen) atoms. The number of aromatic nitrogens is 3. The highest BCUT2D eigenvalue weighted by Crippen LogP contribution is 2.26. The van der Waals surface area contributed by atoms with Gasteiger partial charge >= 0.3 is 0 Å². The lowest BCUT2D eigenvalue weighted by Crippen LogP contribution is -2.06. The normalized spacial score (nSPS) is 12.7. The van der Waals surface area contributed by atoms with Crippen molar-refractivity contribution < 1.29 is 5.11 Å². The summed E-state index contributed by atoms with van der Waals surface area (Å²) in [7, 11) is 1.77. The van der Waals surface area contributed by atoms with Gasteiger partial charge in [-0.05, 0) is 12.1 Å². The van der Waals surface area contributed by atoms with Gasteiger partial charge in [-0.25, -0.2) is 4.98 Å². The van der Waals surface area contributed by atoms with E-state index < -0.39 is 6.10 Å². The van der Waals surface area contributed by atoms with Gasteiger partial charge in [0, 0.05) is 25.0 Å². The predicted octanol–water partition coefficient (Wildman–Crippen LogP) is 1.13. The molecule has 0 aliphatic carbocycles. The van der Waals surface area contributed by atoms with E-state index in [4.69, 9.17) is 17.3 Å². The second-order valence-corrected chi connectivity index (χ2v) is 3.88. The maximum absolute atomic E-state index is 10.1. The second-order valence-electron chi connectivity index (χ2n) is 3.44. The Bertz CT molecular complexity index is 511. The molecule has 2 aromatic rings. The lowest BCUT2D eigenvalue weighted by Gasteiger charge is -2.10. The highest BCUT2D eigenvalue weighted by molar-refractivity contribution is 6.30. The first-order chi connectivity index (χ1) is 7.58. The number of hydrogen-bond donors (Lipinski definition) is 2. The van der Waals surface area contributed by atoms with Crippen molar-refractivity contribution in [1.82, 2.24) is 14.8 Å². The van der Waals surface area contributed by atoms with Gasteiger partial charge in [-0.1, -0.05) is 11.6 Å². The van der Waals surface area contributed by atoms with Crippen LogP contribution in [0.3, 0.4) is 0 Å². The number of nitrogens with two attached hydrogens (primary N) is 1. The first-order valence-corrected chi connectivity index (χ1v) is 5.04. The fraction of sp³-hybridized carbons (Fsp3) is 0.200. The van der Waals surface area contributed by atoms with Gasteiger partial charge < -0.3 is 10.8 Å². The first kappa shape index (κ1) is 10.9. The average molecular weight is 239 g/mol. The van der Waals surface area contributed by atoms with Crippen molar-refractivity contribution in [2.45, 2.75) is 6.10 Å². The molecule has 0 saturated carbocycles. The van der Waals surface area contributed by atoms with Crippen LogP contribution in [0, 0.1) is 0 Å². The van der Waals surface area contributed by atoms with E-state index in [2.05, 4.69) is 10.1 Å². The largest absolute Gasteiger partial charge is 0.383 e. The SMILES string of the molecule is Cn1ccc(C(O)c2cc(Cl)cnc2N)n1. The van der Waals surface area contributed by atoms with E-state index in [1.807, 2.05) is 0 Å². The summed E-state index contributed by atoms with van der Waals surface area (Å²) in [6.07, 6.45) is 2.27. The molecule has 0 aliphatic heterocycles. The zero-order valence-corrected chi connectivity index (χ0v) is 9.39. The maximum atomic E-state index is 10.1. The number of halogens is 1. The summed E-state index contributed by atoms with van der Waals surface area (Å²) in [5.74, 6) is 0.252. The van der Waals surface area contributed by atoms with Crippen molar-refractivity contribution in [2.75, 3.05) is 5.73 Å². The zero-order valence-electron chi connectivity index (χ0n) is 8.63. The van der Waals surface area contributed by atoms with Gasteiger partial charge in [-0.3, -0.25) is 4.68 Å². The van der Waals surface area contributed by atoms with Crippen LogP contribution >= 0.6 is 11.6 Å². The summed E-state index contributed by atoms with van der Waals surface area (Å²) < 4.78 is 1.60. The van der Waals surface area contributed by atoms with E-state index in [0.29, 0.717) is 16.3 Å². The third kappa shape index (κ3) is 2.00. The van der Waals surface area contributed by atoms with Gasteiger partial charge in [0.25, 0.3) is 0 Å². The molecule has 0 spiro atoms. The number of aryl methyl sites for hydroxylation is 1. The lowest BCUT2D eigenvalue weighted by molar-refractivity contribution is 0.214. The Kier molecular flexibility index (Phi) is 2.80. The molecule has 1 unspecified atom stereocenters. The monoisotopic (exact) mass is 238 g/mol. The molecule has 1 atom stereocenters. The fourth-order valence-electron chi connectivity index (χ4n) is 1.42. The molecule has 0 radical (unpaired) electrons. The number of aliphatic hydroxyl groups excluding tert-OH is 1. The van der Waals surface area contributed by atoms with Crippen molar-refractivity contribution in [3.05, 3.63) is 40.8 Å². The maximum Gasteiger partial charge on any atom is 0.129 e. The van der Waals surface area contributed by atoms with E-state index in [1.54, 1.807) is 30.1 Å². The Labute approximate surface area is 97.5 Å². The number of pyridine rings is 1. The minimum absolute atomic E-state index is 0.252. The van der Waals surface area contributed by atoms with Crippen LogP contribution in [-0.2, 0) is 7.05 Å². The Morgan fingerprint density at radius 2 is 2.31 bits per heavy atom. The van der Waals surface area contributed by atoms with Crippen LogP contribution in [0.25, 0.3) is 0 Å². The van der Waals surface area contributed by atoms with Gasteiger partial charge in [-0.2, -0.15) is 5.10 Å². The number of anilines is 1. The molecular formula is C10H11ClN4O. The molecule has 0 saturated heterocycles. The van der Waals surface area contributed by atoms with Crippen LogP contribution in [0.1, 0.15) is 17.4 Å². The van der Waals surface area contributed by atoms with Crippen molar-refractivity contribution in [1.29, 1.82) is 0 Å². The summed E-state index contributed by atoms with van der Waals surface area (Å²) in [4.78, 5) is 3.88. The molecule has 3 N–H and O–H groups in total. The fourth-order valence-corrected chi connectivity index (χ4v) is 1.59. The summed E-state index contributed by atoms with van der Waals surface area (Å²) in [5, 5.41) is 14.6. The third-order valence-corrected chi connectivity index (χ3v) is 2.43. The molecule has 0 aliphatic rings. The highest BCUT2D eigenvalue weighted by atomic mass is 35.5. The van der Waals surface area contributed by atoms with Gasteiger partial charge in [0.15, 0.2) is 0 Å². The smallest absolute Gasteiger partial charge is 0.129 e. The highest BCUT2D eigenvalue weighted by Gasteiger charge is 2.17. The molecular weight excluding hydrogens is 228 g/mol. The molecule has 5 nitrogen and oxygen atoms in total. The summed E-state index contributed by atoms with van der Waals surface area (Å²) in [5.41, 5.74) is 6.65. The number of nitrogen functional groups attached to an aromatic ring is 1. The molecule has 2 aromatic heterocycles. The minimum Gasteiger partial charge on any atom is -0.383 e. The molecule has 6 heteroatoms.